The topological polar surface area (TPSA) is 136 Å². The number of aryl methyl sites for hydroxylation is 1. The van der Waals surface area contributed by atoms with E-state index in [-0.39, 0.29) is 6.04 Å². The molecule has 1 saturated heterocycles. The van der Waals surface area contributed by atoms with Gasteiger partial charge in [0, 0.05) is 43.5 Å². The van der Waals surface area contributed by atoms with Crippen LogP contribution < -0.4 is 16.4 Å². The van der Waals surface area contributed by atoms with Gasteiger partial charge in [0.2, 0.25) is 0 Å². The average Bonchev–Trinajstić information content (AvgIpc) is 3.15. The number of nitrogen functional groups attached to an aromatic ring is 1. The van der Waals surface area contributed by atoms with Crippen molar-refractivity contribution in [3.8, 4) is 11.4 Å². The molecule has 0 amide bonds. The van der Waals surface area contributed by atoms with Crippen molar-refractivity contribution >= 4 is 17.2 Å². The summed E-state index contributed by atoms with van der Waals surface area (Å²) in [6, 6.07) is 2.04. The van der Waals surface area contributed by atoms with Gasteiger partial charge in [-0.15, -0.1) is 0 Å². The zero-order chi connectivity index (χ0) is 19.7. The van der Waals surface area contributed by atoms with Crippen molar-refractivity contribution in [1.29, 1.82) is 5.41 Å². The molecule has 0 unspecified atom stereocenters. The first-order valence-electron chi connectivity index (χ1n) is 9.17. The Labute approximate surface area is 162 Å². The third-order valence-electron chi connectivity index (χ3n) is 4.95. The highest BCUT2D eigenvalue weighted by molar-refractivity contribution is 6.13. The molecular weight excluding hydrogens is 354 g/mol. The minimum absolute atomic E-state index is 0.257. The molecule has 0 bridgehead atoms. The van der Waals surface area contributed by atoms with E-state index in [1.807, 2.05) is 7.05 Å². The molecule has 4 heterocycles. The van der Waals surface area contributed by atoms with Crippen LogP contribution in [0.25, 0.3) is 11.4 Å². The number of nitrogens with one attached hydrogen (secondary N) is 1. The lowest BCUT2D eigenvalue weighted by Gasteiger charge is -2.30. The molecule has 1 aliphatic rings. The third-order valence-corrected chi connectivity index (χ3v) is 4.95. The van der Waals surface area contributed by atoms with Gasteiger partial charge in [-0.1, -0.05) is 0 Å². The van der Waals surface area contributed by atoms with Crippen molar-refractivity contribution < 1.29 is 0 Å². The Hall–Kier alpha value is -3.33. The first kappa shape index (κ1) is 18.1. The summed E-state index contributed by atoms with van der Waals surface area (Å²) in [5, 5.41) is 12.6. The highest BCUT2D eigenvalue weighted by atomic mass is 15.2. The Morgan fingerprint density at radius 2 is 1.93 bits per heavy atom. The van der Waals surface area contributed by atoms with Crippen LogP contribution in [-0.2, 0) is 7.05 Å². The molecular formula is C19H23N9. The number of piperidine rings is 1. The van der Waals surface area contributed by atoms with Crippen LogP contribution in [0.5, 0.6) is 0 Å². The number of nitrogens with zero attached hydrogens (tertiary/aromatic N) is 6. The van der Waals surface area contributed by atoms with Gasteiger partial charge in [-0.05, 0) is 18.9 Å². The number of hydrogen-bond acceptors (Lipinski definition) is 8. The van der Waals surface area contributed by atoms with E-state index in [0.717, 1.165) is 31.7 Å². The monoisotopic (exact) mass is 377 g/mol. The Bertz CT molecular complexity index is 1000. The first-order valence-corrected chi connectivity index (χ1v) is 9.17. The molecule has 4 rings (SSSR count). The fraction of sp³-hybridized carbons (Fsp3) is 0.316. The summed E-state index contributed by atoms with van der Waals surface area (Å²) in [7, 11) is 1.81. The Kier molecular flexibility index (Phi) is 4.74. The molecule has 9 nitrogen and oxygen atoms in total. The first-order chi connectivity index (χ1) is 13.5. The molecule has 0 aliphatic carbocycles. The van der Waals surface area contributed by atoms with Gasteiger partial charge in [0.05, 0.1) is 41.9 Å². The number of rotatable bonds is 4. The average molecular weight is 377 g/mol. The number of hydrogen-bond donors (Lipinski definition) is 3. The predicted octanol–water partition coefficient (Wildman–Crippen LogP) is 1.20. The van der Waals surface area contributed by atoms with Gasteiger partial charge in [-0.25, -0.2) is 4.98 Å². The quantitative estimate of drug-likeness (QED) is 0.581. The Balaban J connectivity index is 1.65. The van der Waals surface area contributed by atoms with Crippen molar-refractivity contribution in [2.45, 2.75) is 18.9 Å². The largest absolute Gasteiger partial charge is 0.397 e. The fourth-order valence-electron chi connectivity index (χ4n) is 3.29. The molecule has 0 aromatic carbocycles. The van der Waals surface area contributed by atoms with Crippen molar-refractivity contribution in [3.05, 3.63) is 48.2 Å². The molecule has 0 radical (unpaired) electrons. The van der Waals surface area contributed by atoms with Gasteiger partial charge in [-0.3, -0.25) is 20.1 Å². The van der Waals surface area contributed by atoms with Gasteiger partial charge in [0.1, 0.15) is 11.5 Å². The molecule has 9 heteroatoms. The fourth-order valence-corrected chi connectivity index (χ4v) is 3.29. The van der Waals surface area contributed by atoms with Crippen molar-refractivity contribution in [2.24, 2.45) is 12.8 Å². The lowest BCUT2D eigenvalue weighted by atomic mass is 10.0. The van der Waals surface area contributed by atoms with Crippen molar-refractivity contribution in [3.63, 3.8) is 0 Å². The van der Waals surface area contributed by atoms with E-state index < -0.39 is 0 Å². The molecule has 28 heavy (non-hydrogen) atoms. The molecule has 5 N–H and O–H groups in total. The van der Waals surface area contributed by atoms with Crippen LogP contribution in [0.1, 0.15) is 24.0 Å². The highest BCUT2D eigenvalue weighted by Crippen LogP contribution is 2.24. The van der Waals surface area contributed by atoms with E-state index in [0.29, 0.717) is 33.9 Å². The van der Waals surface area contributed by atoms with E-state index in [2.05, 4.69) is 20.0 Å². The number of anilines is 2. The van der Waals surface area contributed by atoms with E-state index in [1.54, 1.807) is 41.7 Å². The summed E-state index contributed by atoms with van der Waals surface area (Å²) in [5.41, 5.74) is 15.4. The molecule has 1 fully saturated rings. The molecule has 1 aliphatic heterocycles. The smallest absolute Gasteiger partial charge is 0.147 e. The lowest BCUT2D eigenvalue weighted by Crippen LogP contribution is -2.40. The van der Waals surface area contributed by atoms with Crippen LogP contribution in [0.3, 0.4) is 0 Å². The summed E-state index contributed by atoms with van der Waals surface area (Å²) in [6.45, 7) is 1.73. The molecule has 0 saturated carbocycles. The predicted molar refractivity (Wildman–Crippen MR) is 108 cm³/mol. The lowest BCUT2D eigenvalue weighted by molar-refractivity contribution is 0.498. The minimum Gasteiger partial charge on any atom is -0.397 e. The summed E-state index contributed by atoms with van der Waals surface area (Å²) >= 11 is 0. The summed E-state index contributed by atoms with van der Waals surface area (Å²) in [5.74, 6) is 0.812. The van der Waals surface area contributed by atoms with E-state index in [4.69, 9.17) is 21.9 Å². The normalized spacial score (nSPS) is 15.0. The minimum atomic E-state index is 0.257. The maximum Gasteiger partial charge on any atom is 0.147 e. The maximum atomic E-state index is 8.49. The Morgan fingerprint density at radius 3 is 2.64 bits per heavy atom. The van der Waals surface area contributed by atoms with Crippen LogP contribution >= 0.6 is 0 Å². The molecule has 144 valence electrons. The van der Waals surface area contributed by atoms with E-state index in [1.165, 1.54) is 0 Å². The molecule has 0 atom stereocenters. The van der Waals surface area contributed by atoms with Crippen LogP contribution in [-0.4, -0.2) is 49.6 Å². The van der Waals surface area contributed by atoms with Crippen LogP contribution in [0.4, 0.5) is 11.5 Å². The van der Waals surface area contributed by atoms with E-state index >= 15 is 0 Å². The summed E-state index contributed by atoms with van der Waals surface area (Å²) in [6.07, 6.45) is 10.3. The van der Waals surface area contributed by atoms with Crippen molar-refractivity contribution in [1.82, 2.24) is 24.7 Å². The van der Waals surface area contributed by atoms with Crippen LogP contribution in [0.15, 0.2) is 37.1 Å². The molecule has 0 spiro atoms. The zero-order valence-corrected chi connectivity index (χ0v) is 15.7. The maximum absolute atomic E-state index is 8.49. The summed E-state index contributed by atoms with van der Waals surface area (Å²) in [4.78, 5) is 15.7. The summed E-state index contributed by atoms with van der Waals surface area (Å²) < 4.78 is 1.65. The van der Waals surface area contributed by atoms with Gasteiger partial charge in [-0.2, -0.15) is 5.10 Å². The standard InChI is InChI=1S/C19H23N9/c1-27-11-12(7-25-27)19(22)14-6-16(24-8-15(14)21)17-9-23-10-18(26-17)28-4-2-13(20)3-5-28/h6-11,13,22H,2-5,20-21H2,1H3. The second-order valence-electron chi connectivity index (χ2n) is 7.02. The van der Waals surface area contributed by atoms with E-state index in [9.17, 15) is 0 Å². The second-order valence-corrected chi connectivity index (χ2v) is 7.02. The second kappa shape index (κ2) is 7.35. The highest BCUT2D eigenvalue weighted by Gasteiger charge is 2.19. The number of nitrogens with two attached hydrogens (primary N) is 2. The van der Waals surface area contributed by atoms with Crippen LogP contribution in [0, 0.1) is 5.41 Å². The zero-order valence-electron chi connectivity index (χ0n) is 15.7. The number of pyridine rings is 1. The molecule has 3 aromatic rings. The Morgan fingerprint density at radius 1 is 1.14 bits per heavy atom. The SMILES string of the molecule is Cn1cc(C(=N)c2cc(-c3cncc(N4CCC(N)CC4)n3)ncc2N)cn1. The van der Waals surface area contributed by atoms with Gasteiger partial charge >= 0.3 is 0 Å². The van der Waals surface area contributed by atoms with Gasteiger partial charge in [0.25, 0.3) is 0 Å². The third kappa shape index (κ3) is 3.56. The van der Waals surface area contributed by atoms with Crippen molar-refractivity contribution in [2.75, 3.05) is 23.7 Å². The van der Waals surface area contributed by atoms with Gasteiger partial charge < -0.3 is 16.4 Å². The number of aromatic nitrogens is 5. The van der Waals surface area contributed by atoms with Gasteiger partial charge in [0.15, 0.2) is 0 Å². The molecule has 3 aromatic heterocycles. The van der Waals surface area contributed by atoms with Crippen LogP contribution in [0.2, 0.25) is 0 Å².